The van der Waals surface area contributed by atoms with Crippen LogP contribution in [0, 0.1) is 11.6 Å². The minimum absolute atomic E-state index is 0.126. The predicted molar refractivity (Wildman–Crippen MR) is 60.7 cm³/mol. The summed E-state index contributed by atoms with van der Waals surface area (Å²) >= 11 is 0. The highest BCUT2D eigenvalue weighted by Crippen LogP contribution is 2.47. The Bertz CT molecular complexity index is 567. The molecule has 1 saturated carbocycles. The van der Waals surface area contributed by atoms with Gasteiger partial charge in [0, 0.05) is 29.0 Å². The fourth-order valence-electron chi connectivity index (χ4n) is 2.77. The molecule has 1 heterocycles. The Hall–Kier alpha value is -1.42. The van der Waals surface area contributed by atoms with Gasteiger partial charge in [0.15, 0.2) is 11.4 Å². The molecule has 0 aliphatic heterocycles. The molecule has 2 N–H and O–H groups in total. The van der Waals surface area contributed by atoms with Gasteiger partial charge in [0.25, 0.3) is 0 Å². The number of hydrogen-bond acceptors (Lipinski definition) is 2. The molecule has 1 aliphatic rings. The first-order chi connectivity index (χ1) is 8.18. The Morgan fingerprint density at radius 1 is 1.29 bits per heavy atom. The van der Waals surface area contributed by atoms with Crippen LogP contribution in [0.15, 0.2) is 22.8 Å². The number of furan rings is 1. The monoisotopic (exact) mass is 237 g/mol. The lowest BCUT2D eigenvalue weighted by molar-refractivity contribution is 0.247. The Balaban J connectivity index is 2.31. The van der Waals surface area contributed by atoms with E-state index in [1.807, 2.05) is 0 Å². The molecule has 0 bridgehead atoms. The molecule has 1 aromatic heterocycles. The van der Waals surface area contributed by atoms with Crippen molar-refractivity contribution in [2.45, 2.75) is 24.7 Å². The third kappa shape index (κ3) is 1.33. The minimum Gasteiger partial charge on any atom is -0.461 e. The fraction of sp³-hybridized carbons (Fsp3) is 0.385. The zero-order valence-corrected chi connectivity index (χ0v) is 9.30. The number of halogens is 2. The van der Waals surface area contributed by atoms with Crippen LogP contribution in [0.25, 0.3) is 11.0 Å². The highest BCUT2D eigenvalue weighted by molar-refractivity contribution is 5.83. The van der Waals surface area contributed by atoms with Crippen molar-refractivity contribution in [2.24, 2.45) is 5.73 Å². The molecule has 0 unspecified atom stereocenters. The third-order valence-electron chi connectivity index (χ3n) is 3.88. The van der Waals surface area contributed by atoms with Gasteiger partial charge in [0.05, 0.1) is 6.26 Å². The zero-order chi connectivity index (χ0) is 12.0. The zero-order valence-electron chi connectivity index (χ0n) is 9.30. The average Bonchev–Trinajstić information content (AvgIpc) is 2.70. The molecule has 17 heavy (non-hydrogen) atoms. The number of benzene rings is 1. The molecule has 0 spiro atoms. The van der Waals surface area contributed by atoms with Gasteiger partial charge in [-0.3, -0.25) is 0 Å². The first kappa shape index (κ1) is 10.7. The standard InChI is InChI=1S/C13H13F2NO/c14-9-6-10(15)12-8(2-5-17-12)11(9)13(7-16)3-1-4-13/h2,5-6H,1,3-4,7,16H2. The van der Waals surface area contributed by atoms with E-state index in [0.29, 0.717) is 17.5 Å². The molecule has 0 atom stereocenters. The van der Waals surface area contributed by atoms with Crippen molar-refractivity contribution in [3.63, 3.8) is 0 Å². The van der Waals surface area contributed by atoms with Gasteiger partial charge in [-0.25, -0.2) is 8.78 Å². The molecule has 1 aliphatic carbocycles. The summed E-state index contributed by atoms with van der Waals surface area (Å²) in [5.74, 6) is -1.17. The predicted octanol–water partition coefficient (Wildman–Crippen LogP) is 3.09. The molecule has 1 aromatic carbocycles. The second-order valence-corrected chi connectivity index (χ2v) is 4.72. The van der Waals surface area contributed by atoms with Crippen LogP contribution >= 0.6 is 0 Å². The maximum Gasteiger partial charge on any atom is 0.169 e. The van der Waals surface area contributed by atoms with Crippen molar-refractivity contribution in [2.75, 3.05) is 6.54 Å². The van der Waals surface area contributed by atoms with E-state index in [0.717, 1.165) is 25.3 Å². The normalized spacial score (nSPS) is 18.3. The summed E-state index contributed by atoms with van der Waals surface area (Å²) in [5, 5.41) is 0.521. The van der Waals surface area contributed by atoms with Crippen LogP contribution in [0.3, 0.4) is 0 Å². The summed E-state index contributed by atoms with van der Waals surface area (Å²) in [6, 6.07) is 2.52. The Morgan fingerprint density at radius 3 is 2.65 bits per heavy atom. The summed E-state index contributed by atoms with van der Waals surface area (Å²) in [4.78, 5) is 0. The molecule has 1 fully saturated rings. The van der Waals surface area contributed by atoms with Gasteiger partial charge < -0.3 is 10.2 Å². The lowest BCUT2D eigenvalue weighted by Crippen LogP contribution is -2.42. The molecule has 0 saturated heterocycles. The minimum atomic E-state index is -0.655. The Morgan fingerprint density at radius 2 is 2.06 bits per heavy atom. The molecular weight excluding hydrogens is 224 g/mol. The van der Waals surface area contributed by atoms with E-state index < -0.39 is 11.6 Å². The van der Waals surface area contributed by atoms with Crippen molar-refractivity contribution in [1.82, 2.24) is 0 Å². The SMILES string of the molecule is NCC1(c2c(F)cc(F)c3occc23)CCC1. The van der Waals surface area contributed by atoms with Crippen molar-refractivity contribution in [3.8, 4) is 0 Å². The van der Waals surface area contributed by atoms with E-state index in [9.17, 15) is 8.78 Å². The van der Waals surface area contributed by atoms with Crippen LogP contribution in [-0.2, 0) is 5.41 Å². The van der Waals surface area contributed by atoms with Crippen LogP contribution in [0.1, 0.15) is 24.8 Å². The topological polar surface area (TPSA) is 39.2 Å². The van der Waals surface area contributed by atoms with Crippen LogP contribution in [-0.4, -0.2) is 6.54 Å². The molecule has 3 rings (SSSR count). The van der Waals surface area contributed by atoms with Crippen molar-refractivity contribution >= 4 is 11.0 Å². The number of rotatable bonds is 2. The molecule has 90 valence electrons. The highest BCUT2D eigenvalue weighted by Gasteiger charge is 2.41. The van der Waals surface area contributed by atoms with Gasteiger partial charge in [0.1, 0.15) is 5.82 Å². The van der Waals surface area contributed by atoms with Gasteiger partial charge in [0.2, 0.25) is 0 Å². The third-order valence-corrected chi connectivity index (χ3v) is 3.88. The molecular formula is C13H13F2NO. The smallest absolute Gasteiger partial charge is 0.169 e. The summed E-state index contributed by atoms with van der Waals surface area (Å²) in [6.07, 6.45) is 4.13. The van der Waals surface area contributed by atoms with Crippen LogP contribution in [0.4, 0.5) is 8.78 Å². The molecule has 0 amide bonds. The summed E-state index contributed by atoms with van der Waals surface area (Å²) < 4.78 is 32.6. The lowest BCUT2D eigenvalue weighted by Gasteiger charge is -2.42. The van der Waals surface area contributed by atoms with Gasteiger partial charge in [-0.2, -0.15) is 0 Å². The second-order valence-electron chi connectivity index (χ2n) is 4.72. The van der Waals surface area contributed by atoms with Gasteiger partial charge >= 0.3 is 0 Å². The molecule has 4 heteroatoms. The number of nitrogens with two attached hydrogens (primary N) is 1. The maximum absolute atomic E-state index is 14.0. The van der Waals surface area contributed by atoms with E-state index in [-0.39, 0.29) is 11.0 Å². The van der Waals surface area contributed by atoms with Crippen molar-refractivity contribution in [3.05, 3.63) is 35.6 Å². The van der Waals surface area contributed by atoms with Crippen LogP contribution < -0.4 is 5.73 Å². The summed E-state index contributed by atoms with van der Waals surface area (Å²) in [7, 11) is 0. The first-order valence-electron chi connectivity index (χ1n) is 5.74. The van der Waals surface area contributed by atoms with Crippen molar-refractivity contribution < 1.29 is 13.2 Å². The van der Waals surface area contributed by atoms with E-state index in [1.54, 1.807) is 6.07 Å². The van der Waals surface area contributed by atoms with Crippen LogP contribution in [0.2, 0.25) is 0 Å². The number of fused-ring (bicyclic) bond motifs is 1. The van der Waals surface area contributed by atoms with Crippen molar-refractivity contribution in [1.29, 1.82) is 0 Å². The molecule has 2 nitrogen and oxygen atoms in total. The second kappa shape index (κ2) is 3.53. The number of hydrogen-bond donors (Lipinski definition) is 1. The van der Waals surface area contributed by atoms with E-state index in [1.165, 1.54) is 6.26 Å². The average molecular weight is 237 g/mol. The van der Waals surface area contributed by atoms with E-state index in [2.05, 4.69) is 0 Å². The molecule has 0 radical (unpaired) electrons. The quantitative estimate of drug-likeness (QED) is 0.871. The lowest BCUT2D eigenvalue weighted by atomic mass is 9.63. The highest BCUT2D eigenvalue weighted by atomic mass is 19.1. The summed E-state index contributed by atoms with van der Waals surface area (Å²) in [5.41, 5.74) is 6.09. The summed E-state index contributed by atoms with van der Waals surface area (Å²) in [6.45, 7) is 0.385. The van der Waals surface area contributed by atoms with E-state index >= 15 is 0 Å². The van der Waals surface area contributed by atoms with E-state index in [4.69, 9.17) is 10.2 Å². The Labute approximate surface area is 97.4 Å². The maximum atomic E-state index is 14.0. The first-order valence-corrected chi connectivity index (χ1v) is 5.74. The fourth-order valence-corrected chi connectivity index (χ4v) is 2.77. The molecule has 2 aromatic rings. The van der Waals surface area contributed by atoms with Crippen LogP contribution in [0.5, 0.6) is 0 Å². The largest absolute Gasteiger partial charge is 0.461 e. The Kier molecular flexibility index (Phi) is 2.23. The van der Waals surface area contributed by atoms with Gasteiger partial charge in [-0.15, -0.1) is 0 Å². The van der Waals surface area contributed by atoms with Gasteiger partial charge in [-0.05, 0) is 18.9 Å². The van der Waals surface area contributed by atoms with Gasteiger partial charge in [-0.1, -0.05) is 6.42 Å².